The van der Waals surface area contributed by atoms with E-state index in [2.05, 4.69) is 5.32 Å². The first-order valence-corrected chi connectivity index (χ1v) is 9.11. The summed E-state index contributed by atoms with van der Waals surface area (Å²) in [7, 11) is -2.95. The van der Waals surface area contributed by atoms with Crippen molar-refractivity contribution in [3.8, 4) is 0 Å². The molecule has 1 aromatic rings. The summed E-state index contributed by atoms with van der Waals surface area (Å²) in [5.74, 6) is -1.28. The topological polar surface area (TPSA) is 46.2 Å². The predicted octanol–water partition coefficient (Wildman–Crippen LogP) is 2.31. The van der Waals surface area contributed by atoms with E-state index in [1.54, 1.807) is 6.07 Å². The first kappa shape index (κ1) is 16.4. The van der Waals surface area contributed by atoms with Gasteiger partial charge in [0.05, 0.1) is 11.5 Å². The standard InChI is InChI=1S/C15H21F2NO2S/c1-2-6-18-15(12-5-7-21(19,20)10-12)9-11-3-4-13(16)14(17)8-11/h3-4,8,12,15,18H,2,5-7,9-10H2,1H3. The second-order valence-electron chi connectivity index (χ2n) is 5.68. The van der Waals surface area contributed by atoms with Gasteiger partial charge in [0, 0.05) is 6.04 Å². The van der Waals surface area contributed by atoms with Crippen molar-refractivity contribution >= 4 is 9.84 Å². The third-order valence-corrected chi connectivity index (χ3v) is 5.73. The van der Waals surface area contributed by atoms with Crippen LogP contribution in [-0.2, 0) is 16.3 Å². The molecule has 0 radical (unpaired) electrons. The van der Waals surface area contributed by atoms with Crippen LogP contribution in [0, 0.1) is 17.6 Å². The molecule has 1 N–H and O–H groups in total. The Labute approximate surface area is 124 Å². The smallest absolute Gasteiger partial charge is 0.159 e. The minimum absolute atomic E-state index is 0.0212. The molecule has 1 heterocycles. The number of halogens is 2. The van der Waals surface area contributed by atoms with E-state index < -0.39 is 21.5 Å². The maximum atomic E-state index is 13.3. The van der Waals surface area contributed by atoms with Gasteiger partial charge in [0.25, 0.3) is 0 Å². The molecule has 0 saturated carbocycles. The highest BCUT2D eigenvalue weighted by molar-refractivity contribution is 7.91. The fourth-order valence-corrected chi connectivity index (χ4v) is 4.68. The van der Waals surface area contributed by atoms with Gasteiger partial charge in [-0.25, -0.2) is 17.2 Å². The van der Waals surface area contributed by atoms with Crippen LogP contribution in [-0.4, -0.2) is 32.5 Å². The quantitative estimate of drug-likeness (QED) is 0.876. The molecule has 0 bridgehead atoms. The lowest BCUT2D eigenvalue weighted by atomic mass is 9.93. The molecule has 3 nitrogen and oxygen atoms in total. The molecule has 1 aromatic carbocycles. The molecule has 1 aliphatic rings. The summed E-state index contributed by atoms with van der Waals surface area (Å²) in [6, 6.07) is 3.85. The molecule has 1 aliphatic heterocycles. The number of rotatable bonds is 6. The van der Waals surface area contributed by atoms with Crippen molar-refractivity contribution < 1.29 is 17.2 Å². The van der Waals surface area contributed by atoms with Crippen LogP contribution in [0.25, 0.3) is 0 Å². The van der Waals surface area contributed by atoms with E-state index in [4.69, 9.17) is 0 Å². The second kappa shape index (κ2) is 6.83. The molecule has 118 valence electrons. The van der Waals surface area contributed by atoms with E-state index in [0.717, 1.165) is 19.0 Å². The van der Waals surface area contributed by atoms with Gasteiger partial charge in [-0.15, -0.1) is 0 Å². The summed E-state index contributed by atoms with van der Waals surface area (Å²) < 4.78 is 49.5. The largest absolute Gasteiger partial charge is 0.313 e. The highest BCUT2D eigenvalue weighted by Crippen LogP contribution is 2.24. The lowest BCUT2D eigenvalue weighted by Crippen LogP contribution is -2.39. The van der Waals surface area contributed by atoms with Crippen molar-refractivity contribution in [3.63, 3.8) is 0 Å². The summed E-state index contributed by atoms with van der Waals surface area (Å²) in [6.45, 7) is 2.82. The van der Waals surface area contributed by atoms with Gasteiger partial charge >= 0.3 is 0 Å². The zero-order valence-electron chi connectivity index (χ0n) is 12.1. The van der Waals surface area contributed by atoms with Crippen molar-refractivity contribution in [2.45, 2.75) is 32.2 Å². The lowest BCUT2D eigenvalue weighted by Gasteiger charge is -2.24. The van der Waals surface area contributed by atoms with Crippen LogP contribution in [0.4, 0.5) is 8.78 Å². The molecule has 1 saturated heterocycles. The summed E-state index contributed by atoms with van der Waals surface area (Å²) in [4.78, 5) is 0. The van der Waals surface area contributed by atoms with Crippen LogP contribution in [0.15, 0.2) is 18.2 Å². The van der Waals surface area contributed by atoms with E-state index in [1.807, 2.05) is 6.92 Å². The highest BCUT2D eigenvalue weighted by Gasteiger charge is 2.33. The molecular formula is C15H21F2NO2S. The van der Waals surface area contributed by atoms with Gasteiger partial charge in [-0.05, 0) is 49.4 Å². The summed E-state index contributed by atoms with van der Waals surface area (Å²) in [6.07, 6.45) is 2.08. The number of hydrogen-bond acceptors (Lipinski definition) is 3. The monoisotopic (exact) mass is 317 g/mol. The third kappa shape index (κ3) is 4.48. The molecule has 0 spiro atoms. The molecule has 2 unspecified atom stereocenters. The zero-order valence-corrected chi connectivity index (χ0v) is 12.9. The first-order valence-electron chi connectivity index (χ1n) is 7.29. The van der Waals surface area contributed by atoms with Gasteiger partial charge in [0.2, 0.25) is 0 Å². The molecule has 2 rings (SSSR count). The molecule has 6 heteroatoms. The molecule has 0 aromatic heterocycles. The Bertz CT molecular complexity index is 589. The van der Waals surface area contributed by atoms with E-state index in [-0.39, 0.29) is 23.5 Å². The minimum Gasteiger partial charge on any atom is -0.313 e. The average molecular weight is 317 g/mol. The van der Waals surface area contributed by atoms with Crippen molar-refractivity contribution in [1.29, 1.82) is 0 Å². The van der Waals surface area contributed by atoms with Crippen molar-refractivity contribution in [3.05, 3.63) is 35.4 Å². The average Bonchev–Trinajstić information content (AvgIpc) is 2.79. The van der Waals surface area contributed by atoms with Crippen LogP contribution >= 0.6 is 0 Å². The van der Waals surface area contributed by atoms with Crippen LogP contribution in [0.5, 0.6) is 0 Å². The third-order valence-electron chi connectivity index (χ3n) is 3.93. The fourth-order valence-electron chi connectivity index (χ4n) is 2.80. The molecule has 0 aliphatic carbocycles. The Morgan fingerprint density at radius 3 is 2.67 bits per heavy atom. The van der Waals surface area contributed by atoms with Crippen LogP contribution in [0.1, 0.15) is 25.3 Å². The summed E-state index contributed by atoms with van der Waals surface area (Å²) in [5, 5.41) is 3.35. The van der Waals surface area contributed by atoms with Crippen LogP contribution < -0.4 is 5.32 Å². The molecule has 21 heavy (non-hydrogen) atoms. The van der Waals surface area contributed by atoms with E-state index in [0.29, 0.717) is 18.4 Å². The lowest BCUT2D eigenvalue weighted by molar-refractivity contribution is 0.378. The van der Waals surface area contributed by atoms with E-state index in [9.17, 15) is 17.2 Å². The first-order chi connectivity index (χ1) is 9.91. The van der Waals surface area contributed by atoms with Crippen molar-refractivity contribution in [1.82, 2.24) is 5.32 Å². The Kier molecular flexibility index (Phi) is 5.32. The predicted molar refractivity (Wildman–Crippen MR) is 78.9 cm³/mol. The Morgan fingerprint density at radius 2 is 2.10 bits per heavy atom. The Morgan fingerprint density at radius 1 is 1.33 bits per heavy atom. The highest BCUT2D eigenvalue weighted by atomic mass is 32.2. The van der Waals surface area contributed by atoms with Crippen molar-refractivity contribution in [2.24, 2.45) is 5.92 Å². The van der Waals surface area contributed by atoms with Gasteiger partial charge in [0.15, 0.2) is 21.5 Å². The van der Waals surface area contributed by atoms with Gasteiger partial charge in [-0.2, -0.15) is 0 Å². The minimum atomic E-state index is -2.95. The number of hydrogen-bond donors (Lipinski definition) is 1. The molecule has 2 atom stereocenters. The maximum absolute atomic E-state index is 13.3. The molecular weight excluding hydrogens is 296 g/mol. The number of sulfone groups is 1. The van der Waals surface area contributed by atoms with Gasteiger partial charge in [0.1, 0.15) is 0 Å². The SMILES string of the molecule is CCCNC(Cc1ccc(F)c(F)c1)C1CCS(=O)(=O)C1. The Hall–Kier alpha value is -1.01. The van der Waals surface area contributed by atoms with E-state index in [1.165, 1.54) is 6.07 Å². The van der Waals surface area contributed by atoms with Crippen LogP contribution in [0.2, 0.25) is 0 Å². The van der Waals surface area contributed by atoms with Crippen LogP contribution in [0.3, 0.4) is 0 Å². The Balaban J connectivity index is 2.10. The maximum Gasteiger partial charge on any atom is 0.159 e. The van der Waals surface area contributed by atoms with Gasteiger partial charge in [-0.3, -0.25) is 0 Å². The van der Waals surface area contributed by atoms with Crippen molar-refractivity contribution in [2.75, 3.05) is 18.1 Å². The molecule has 0 amide bonds. The normalized spacial score (nSPS) is 22.3. The number of nitrogens with one attached hydrogen (secondary N) is 1. The summed E-state index contributed by atoms with van der Waals surface area (Å²) in [5.41, 5.74) is 0.687. The number of benzene rings is 1. The van der Waals surface area contributed by atoms with E-state index >= 15 is 0 Å². The molecule has 1 fully saturated rings. The second-order valence-corrected chi connectivity index (χ2v) is 7.91. The van der Waals surface area contributed by atoms with Gasteiger partial charge in [-0.1, -0.05) is 13.0 Å². The summed E-state index contributed by atoms with van der Waals surface area (Å²) >= 11 is 0. The van der Waals surface area contributed by atoms with Gasteiger partial charge < -0.3 is 5.32 Å². The fraction of sp³-hybridized carbons (Fsp3) is 0.600. The zero-order chi connectivity index (χ0) is 15.5.